The van der Waals surface area contributed by atoms with Gasteiger partial charge in [0.15, 0.2) is 0 Å². The summed E-state index contributed by atoms with van der Waals surface area (Å²) >= 11 is 0. The van der Waals surface area contributed by atoms with Crippen LogP contribution in [0.4, 0.5) is 24.5 Å². The van der Waals surface area contributed by atoms with Crippen LogP contribution in [0.25, 0.3) is 0 Å². The molecule has 142 valence electrons. The minimum atomic E-state index is -4.66. The van der Waals surface area contributed by atoms with Crippen LogP contribution in [0.15, 0.2) is 29.8 Å². The van der Waals surface area contributed by atoms with E-state index in [1.807, 2.05) is 6.08 Å². The Kier molecular flexibility index (Phi) is 6.56. The highest BCUT2D eigenvalue weighted by Gasteiger charge is 2.33. The number of rotatable bonds is 7. The summed E-state index contributed by atoms with van der Waals surface area (Å²) in [6.45, 7) is 2.14. The van der Waals surface area contributed by atoms with E-state index < -0.39 is 22.4 Å². The van der Waals surface area contributed by atoms with E-state index in [0.29, 0.717) is 12.6 Å². The van der Waals surface area contributed by atoms with Crippen molar-refractivity contribution in [2.45, 2.75) is 19.0 Å². The molecule has 0 saturated carbocycles. The van der Waals surface area contributed by atoms with E-state index in [-0.39, 0.29) is 24.6 Å². The van der Waals surface area contributed by atoms with Crippen molar-refractivity contribution in [1.82, 2.24) is 10.6 Å². The number of halogens is 3. The molecule has 0 radical (unpaired) electrons. The molecule has 0 fully saturated rings. The third kappa shape index (κ3) is 5.73. The molecule has 1 aliphatic rings. The van der Waals surface area contributed by atoms with E-state index in [4.69, 9.17) is 0 Å². The van der Waals surface area contributed by atoms with Crippen molar-refractivity contribution < 1.29 is 22.9 Å². The Morgan fingerprint density at radius 2 is 2.12 bits per heavy atom. The van der Waals surface area contributed by atoms with E-state index in [1.54, 1.807) is 0 Å². The summed E-state index contributed by atoms with van der Waals surface area (Å²) in [5.74, 6) is -0.244. The topological polar surface area (TPSA) is 96.3 Å². The second kappa shape index (κ2) is 8.65. The van der Waals surface area contributed by atoms with E-state index >= 15 is 0 Å². The van der Waals surface area contributed by atoms with Crippen LogP contribution < -0.4 is 16.0 Å². The average Bonchev–Trinajstić information content (AvgIpc) is 2.60. The van der Waals surface area contributed by atoms with Gasteiger partial charge in [-0.15, -0.1) is 0 Å². The zero-order valence-electron chi connectivity index (χ0n) is 13.9. The molecule has 2 rings (SSSR count). The molecule has 7 nitrogen and oxygen atoms in total. The Hall–Kier alpha value is -2.62. The van der Waals surface area contributed by atoms with Gasteiger partial charge >= 0.3 is 6.18 Å². The highest BCUT2D eigenvalue weighted by Crippen LogP contribution is 2.34. The second-order valence-electron chi connectivity index (χ2n) is 5.76. The number of carbonyl (C=O) groups is 1. The summed E-state index contributed by atoms with van der Waals surface area (Å²) in [6, 6.07) is 2.24. The van der Waals surface area contributed by atoms with Gasteiger partial charge in [-0.25, -0.2) is 0 Å². The summed E-state index contributed by atoms with van der Waals surface area (Å²) in [4.78, 5) is 21.9. The van der Waals surface area contributed by atoms with Crippen molar-refractivity contribution in [2.24, 2.45) is 0 Å². The van der Waals surface area contributed by atoms with Gasteiger partial charge in [0, 0.05) is 32.1 Å². The second-order valence-corrected chi connectivity index (χ2v) is 5.76. The minimum absolute atomic E-state index is 0.0453. The third-order valence-electron chi connectivity index (χ3n) is 3.86. The predicted octanol–water partition coefficient (Wildman–Crippen LogP) is 2.45. The zero-order valence-corrected chi connectivity index (χ0v) is 13.9. The lowest BCUT2D eigenvalue weighted by Gasteiger charge is -2.14. The van der Waals surface area contributed by atoms with Crippen LogP contribution in [0.5, 0.6) is 0 Å². The smallest absolute Gasteiger partial charge is 0.379 e. The largest absolute Gasteiger partial charge is 0.416 e. The standard InChI is InChI=1S/C16H19F3N4O3/c17-16(18,19)12-1-2-13(14(9-12)23(25)26)21-8-5-15(24)22-10-11-3-6-20-7-4-11/h1-3,9,20-21H,4-8,10H2,(H,22,24). The van der Waals surface area contributed by atoms with Gasteiger partial charge in [-0.2, -0.15) is 13.2 Å². The lowest BCUT2D eigenvalue weighted by atomic mass is 10.1. The fraction of sp³-hybridized carbons (Fsp3) is 0.438. The molecule has 1 aliphatic heterocycles. The van der Waals surface area contributed by atoms with Gasteiger partial charge in [-0.1, -0.05) is 11.6 Å². The molecule has 26 heavy (non-hydrogen) atoms. The van der Waals surface area contributed by atoms with Crippen LogP contribution in [0, 0.1) is 10.1 Å². The van der Waals surface area contributed by atoms with Crippen molar-refractivity contribution in [3.05, 3.63) is 45.5 Å². The molecule has 1 aromatic carbocycles. The number of carbonyl (C=O) groups excluding carboxylic acids is 1. The Bertz CT molecular complexity index is 704. The van der Waals surface area contributed by atoms with Gasteiger partial charge in [-0.05, 0) is 25.1 Å². The van der Waals surface area contributed by atoms with Crippen LogP contribution in [0.2, 0.25) is 0 Å². The number of hydrogen-bond donors (Lipinski definition) is 3. The Labute approximate surface area is 147 Å². The van der Waals surface area contributed by atoms with Crippen molar-refractivity contribution >= 4 is 17.3 Å². The summed E-state index contributed by atoms with van der Waals surface area (Å²) in [7, 11) is 0. The number of amides is 1. The fourth-order valence-corrected chi connectivity index (χ4v) is 2.45. The van der Waals surface area contributed by atoms with Crippen molar-refractivity contribution in [1.29, 1.82) is 0 Å². The molecular formula is C16H19F3N4O3. The van der Waals surface area contributed by atoms with E-state index in [1.165, 1.54) is 0 Å². The lowest BCUT2D eigenvalue weighted by molar-refractivity contribution is -0.384. The zero-order chi connectivity index (χ0) is 19.2. The first-order chi connectivity index (χ1) is 12.3. The summed E-state index contributed by atoms with van der Waals surface area (Å²) < 4.78 is 38.0. The monoisotopic (exact) mass is 372 g/mol. The first-order valence-corrected chi connectivity index (χ1v) is 8.02. The van der Waals surface area contributed by atoms with Crippen molar-refractivity contribution in [2.75, 3.05) is 31.5 Å². The first kappa shape index (κ1) is 19.7. The minimum Gasteiger partial charge on any atom is -0.379 e. The van der Waals surface area contributed by atoms with Gasteiger partial charge in [0.1, 0.15) is 5.69 Å². The molecule has 0 bridgehead atoms. The lowest BCUT2D eigenvalue weighted by Crippen LogP contribution is -2.30. The SMILES string of the molecule is O=C(CCNc1ccc(C(F)(F)F)cc1[N+](=O)[O-])NCC1=CCNCC1. The quantitative estimate of drug-likeness (QED) is 0.388. The summed E-state index contributed by atoms with van der Waals surface area (Å²) in [6.07, 6.45) is -1.75. The van der Waals surface area contributed by atoms with Crippen molar-refractivity contribution in [3.63, 3.8) is 0 Å². The molecule has 1 aromatic rings. The number of nitro benzene ring substituents is 1. The number of benzene rings is 1. The number of alkyl halides is 3. The van der Waals surface area contributed by atoms with E-state index in [0.717, 1.165) is 37.2 Å². The molecule has 0 spiro atoms. The normalized spacial score (nSPS) is 14.5. The van der Waals surface area contributed by atoms with Gasteiger partial charge in [-0.3, -0.25) is 14.9 Å². The molecule has 0 unspecified atom stereocenters. The molecule has 0 atom stereocenters. The van der Waals surface area contributed by atoms with Gasteiger partial charge in [0.25, 0.3) is 5.69 Å². The Morgan fingerprint density at radius 1 is 1.35 bits per heavy atom. The third-order valence-corrected chi connectivity index (χ3v) is 3.86. The van der Waals surface area contributed by atoms with Crippen LogP contribution >= 0.6 is 0 Å². The maximum absolute atomic E-state index is 12.7. The molecule has 0 aliphatic carbocycles. The molecule has 1 amide bonds. The number of anilines is 1. The average molecular weight is 372 g/mol. The van der Waals surface area contributed by atoms with Gasteiger partial charge < -0.3 is 16.0 Å². The number of nitrogens with one attached hydrogen (secondary N) is 3. The Balaban J connectivity index is 1.87. The summed E-state index contributed by atoms with van der Waals surface area (Å²) in [5.41, 5.74) is -0.705. The van der Waals surface area contributed by atoms with Crippen LogP contribution in [0.1, 0.15) is 18.4 Å². The molecule has 1 heterocycles. The number of nitro groups is 1. The van der Waals surface area contributed by atoms with E-state index in [9.17, 15) is 28.1 Å². The highest BCUT2D eigenvalue weighted by atomic mass is 19.4. The molecule has 0 aromatic heterocycles. The molecule has 3 N–H and O–H groups in total. The van der Waals surface area contributed by atoms with Gasteiger partial charge in [0.2, 0.25) is 5.91 Å². The van der Waals surface area contributed by atoms with E-state index in [2.05, 4.69) is 16.0 Å². The maximum Gasteiger partial charge on any atom is 0.416 e. The van der Waals surface area contributed by atoms with Crippen LogP contribution in [0.3, 0.4) is 0 Å². The number of hydrogen-bond acceptors (Lipinski definition) is 5. The van der Waals surface area contributed by atoms with Crippen molar-refractivity contribution in [3.8, 4) is 0 Å². The first-order valence-electron chi connectivity index (χ1n) is 8.02. The number of nitrogens with zero attached hydrogens (tertiary/aromatic N) is 1. The molecule has 10 heteroatoms. The molecule has 0 saturated heterocycles. The van der Waals surface area contributed by atoms with Crippen LogP contribution in [-0.4, -0.2) is 37.0 Å². The highest BCUT2D eigenvalue weighted by molar-refractivity contribution is 5.77. The molecular weight excluding hydrogens is 353 g/mol. The maximum atomic E-state index is 12.7. The predicted molar refractivity (Wildman–Crippen MR) is 89.8 cm³/mol. The summed E-state index contributed by atoms with van der Waals surface area (Å²) in [5, 5.41) is 19.5. The van der Waals surface area contributed by atoms with Gasteiger partial charge in [0.05, 0.1) is 10.5 Å². The fourth-order valence-electron chi connectivity index (χ4n) is 2.45. The Morgan fingerprint density at radius 3 is 2.73 bits per heavy atom. The van der Waals surface area contributed by atoms with Crippen LogP contribution in [-0.2, 0) is 11.0 Å².